The zero-order valence-corrected chi connectivity index (χ0v) is 26.7. The summed E-state index contributed by atoms with van der Waals surface area (Å²) >= 11 is 6.07. The summed E-state index contributed by atoms with van der Waals surface area (Å²) in [5.74, 6) is 0.801. The molecule has 0 radical (unpaired) electrons. The highest BCUT2D eigenvalue weighted by atomic mass is 35.5. The highest BCUT2D eigenvalue weighted by Gasteiger charge is 2.58. The second-order valence-electron chi connectivity index (χ2n) is 13.9. The predicted molar refractivity (Wildman–Crippen MR) is 171 cm³/mol. The molecule has 12 heteroatoms. The molecule has 3 atom stereocenters. The standard InChI is InChI=1S/C34H36ClFN6O4/c1-32(2)18-44-17-27(32)42-24-14-19(30(37)40-43)13-22(36)28(24)39-31(42)21-15-34(21)9-11-41(12-10-34)23-5-4-6-25-29(23)46-33(3,45-25)26-8-7-20(35)16-38-26/h4-8,13-14,16,21,27,43H,9-12,15,17-18H2,1-3H3,(H2,37,40)/t21-,27+,33-/m0/s1. The minimum absolute atomic E-state index is 0.0272. The summed E-state index contributed by atoms with van der Waals surface area (Å²) in [6.45, 7) is 9.00. The van der Waals surface area contributed by atoms with Crippen LogP contribution in [0.25, 0.3) is 11.0 Å². The molecule has 3 fully saturated rings. The van der Waals surface area contributed by atoms with E-state index < -0.39 is 11.6 Å². The fraction of sp³-hybridized carbons (Fsp3) is 0.441. The number of nitrogens with zero attached hydrogens (tertiary/aromatic N) is 5. The Bertz CT molecular complexity index is 1890. The van der Waals surface area contributed by atoms with Crippen LogP contribution in [0.15, 0.2) is 53.8 Å². The Kier molecular flexibility index (Phi) is 6.50. The van der Waals surface area contributed by atoms with Crippen LogP contribution >= 0.6 is 11.6 Å². The number of anilines is 1. The van der Waals surface area contributed by atoms with Crippen molar-refractivity contribution >= 4 is 34.2 Å². The lowest BCUT2D eigenvalue weighted by Crippen LogP contribution is -2.36. The van der Waals surface area contributed by atoms with E-state index in [0.717, 1.165) is 43.9 Å². The number of imidazole rings is 1. The number of aromatic nitrogens is 3. The number of benzene rings is 2. The monoisotopic (exact) mass is 646 g/mol. The summed E-state index contributed by atoms with van der Waals surface area (Å²) in [6.07, 6.45) is 4.50. The third-order valence-corrected chi connectivity index (χ3v) is 10.7. The van der Waals surface area contributed by atoms with E-state index in [0.29, 0.717) is 52.0 Å². The van der Waals surface area contributed by atoms with Crippen molar-refractivity contribution in [3.8, 4) is 11.5 Å². The quantitative estimate of drug-likeness (QED) is 0.112. The van der Waals surface area contributed by atoms with E-state index in [1.54, 1.807) is 18.3 Å². The van der Waals surface area contributed by atoms with Crippen LogP contribution in [0, 0.1) is 16.6 Å². The molecule has 1 spiro atoms. The number of amidine groups is 1. The molecule has 0 unspecified atom stereocenters. The number of para-hydroxylation sites is 1. The number of fused-ring (bicyclic) bond motifs is 2. The largest absolute Gasteiger partial charge is 0.443 e. The van der Waals surface area contributed by atoms with Crippen molar-refractivity contribution in [3.63, 3.8) is 0 Å². The molecule has 5 heterocycles. The summed E-state index contributed by atoms with van der Waals surface area (Å²) in [6, 6.07) is 12.6. The van der Waals surface area contributed by atoms with Crippen LogP contribution in [0.5, 0.6) is 11.5 Å². The molecular weight excluding hydrogens is 611 g/mol. The van der Waals surface area contributed by atoms with E-state index in [2.05, 4.69) is 39.5 Å². The molecule has 8 rings (SSSR count). The average molecular weight is 647 g/mol. The Morgan fingerprint density at radius 2 is 1.93 bits per heavy atom. The second-order valence-corrected chi connectivity index (χ2v) is 14.3. The first-order valence-electron chi connectivity index (χ1n) is 15.7. The lowest BCUT2D eigenvalue weighted by molar-refractivity contribution is -0.0716. The maximum atomic E-state index is 15.5. The maximum Gasteiger partial charge on any atom is 0.292 e. The zero-order chi connectivity index (χ0) is 32.0. The van der Waals surface area contributed by atoms with Gasteiger partial charge >= 0.3 is 0 Å². The van der Waals surface area contributed by atoms with Crippen LogP contribution in [0.4, 0.5) is 10.1 Å². The van der Waals surface area contributed by atoms with Crippen molar-refractivity contribution < 1.29 is 23.8 Å². The molecule has 240 valence electrons. The fourth-order valence-electron chi connectivity index (χ4n) is 7.70. The molecule has 2 aromatic carbocycles. The Morgan fingerprint density at radius 1 is 1.13 bits per heavy atom. The molecular formula is C34H36ClFN6O4. The Hall–Kier alpha value is -4.09. The van der Waals surface area contributed by atoms with Crippen LogP contribution in [-0.2, 0) is 10.5 Å². The maximum absolute atomic E-state index is 15.5. The number of hydrogen-bond donors (Lipinski definition) is 2. The van der Waals surface area contributed by atoms with Crippen molar-refractivity contribution in [2.24, 2.45) is 21.7 Å². The van der Waals surface area contributed by atoms with E-state index >= 15 is 4.39 Å². The molecule has 46 heavy (non-hydrogen) atoms. The molecule has 10 nitrogen and oxygen atoms in total. The molecule has 3 N–H and O–H groups in total. The molecule has 2 aromatic heterocycles. The molecule has 1 saturated carbocycles. The van der Waals surface area contributed by atoms with Crippen LogP contribution in [0.2, 0.25) is 5.02 Å². The number of piperidine rings is 1. The highest BCUT2D eigenvalue weighted by Crippen LogP contribution is 2.66. The van der Waals surface area contributed by atoms with Gasteiger partial charge in [-0.1, -0.05) is 36.7 Å². The Morgan fingerprint density at radius 3 is 2.63 bits per heavy atom. The van der Waals surface area contributed by atoms with Crippen LogP contribution in [0.1, 0.15) is 69.1 Å². The predicted octanol–water partition coefficient (Wildman–Crippen LogP) is 6.33. The van der Waals surface area contributed by atoms with Crippen LogP contribution in [-0.4, -0.2) is 51.9 Å². The summed E-state index contributed by atoms with van der Waals surface area (Å²) in [5, 5.41) is 13.0. The first-order chi connectivity index (χ1) is 22.0. The van der Waals surface area contributed by atoms with Gasteiger partial charge in [0.05, 0.1) is 35.5 Å². The SMILES string of the molecule is CC1(C)COC[C@H]1n1c([C@@H]2CC23CCN(c2cccc4c2O[C@@](C)(c2ccc(Cl)cn2)O4)CC3)nc2c(F)cc(/C(N)=N/O)cc21. The molecule has 3 aliphatic heterocycles. The van der Waals surface area contributed by atoms with Gasteiger partial charge in [0.1, 0.15) is 17.0 Å². The summed E-state index contributed by atoms with van der Waals surface area (Å²) in [4.78, 5) is 11.8. The molecule has 2 saturated heterocycles. The van der Waals surface area contributed by atoms with Gasteiger partial charge in [0.2, 0.25) is 0 Å². The van der Waals surface area contributed by atoms with E-state index in [1.165, 1.54) is 6.07 Å². The van der Waals surface area contributed by atoms with Gasteiger partial charge in [0.15, 0.2) is 23.2 Å². The second kappa shape index (κ2) is 10.2. The van der Waals surface area contributed by atoms with E-state index in [4.69, 9.17) is 36.5 Å². The normalized spacial score (nSPS) is 26.3. The van der Waals surface area contributed by atoms with Gasteiger partial charge < -0.3 is 34.6 Å². The Labute approximate surface area is 270 Å². The summed E-state index contributed by atoms with van der Waals surface area (Å²) in [5.41, 5.74) is 8.71. The Balaban J connectivity index is 1.08. The fourth-order valence-corrected chi connectivity index (χ4v) is 7.81. The van der Waals surface area contributed by atoms with E-state index in [-0.39, 0.29) is 28.6 Å². The third-order valence-electron chi connectivity index (χ3n) is 10.5. The molecule has 4 aromatic rings. The number of pyridine rings is 1. The van der Waals surface area contributed by atoms with Gasteiger partial charge in [-0.2, -0.15) is 0 Å². The van der Waals surface area contributed by atoms with Gasteiger partial charge in [-0.05, 0) is 61.1 Å². The number of ether oxygens (including phenoxy) is 3. The van der Waals surface area contributed by atoms with Crippen molar-refractivity contribution in [1.82, 2.24) is 14.5 Å². The van der Waals surface area contributed by atoms with Gasteiger partial charge in [-0.25, -0.2) is 9.37 Å². The first kappa shape index (κ1) is 29.3. The topological polar surface area (TPSA) is 120 Å². The third kappa shape index (κ3) is 4.50. The number of rotatable bonds is 5. The van der Waals surface area contributed by atoms with Crippen LogP contribution < -0.4 is 20.1 Å². The number of nitrogens with two attached hydrogens (primary N) is 1. The van der Waals surface area contributed by atoms with Crippen molar-refractivity contribution in [3.05, 3.63) is 76.6 Å². The highest BCUT2D eigenvalue weighted by molar-refractivity contribution is 6.30. The van der Waals surface area contributed by atoms with Crippen molar-refractivity contribution in [2.75, 3.05) is 31.2 Å². The minimum atomic E-state index is -1.05. The lowest BCUT2D eigenvalue weighted by atomic mass is 9.86. The van der Waals surface area contributed by atoms with Gasteiger partial charge in [-0.15, -0.1) is 0 Å². The number of halogens is 2. The number of hydrogen-bond acceptors (Lipinski definition) is 8. The smallest absolute Gasteiger partial charge is 0.292 e. The number of oxime groups is 1. The lowest BCUT2D eigenvalue weighted by Gasteiger charge is -2.35. The minimum Gasteiger partial charge on any atom is -0.443 e. The van der Waals surface area contributed by atoms with E-state index in [9.17, 15) is 5.21 Å². The van der Waals surface area contributed by atoms with Crippen molar-refractivity contribution in [2.45, 2.75) is 57.8 Å². The molecule has 0 bridgehead atoms. The first-order valence-corrected chi connectivity index (χ1v) is 16.0. The molecule has 1 aliphatic carbocycles. The van der Waals surface area contributed by atoms with Gasteiger partial charge in [0, 0.05) is 43.1 Å². The molecule has 0 amide bonds. The summed E-state index contributed by atoms with van der Waals surface area (Å²) in [7, 11) is 0. The molecule has 4 aliphatic rings. The van der Waals surface area contributed by atoms with Crippen molar-refractivity contribution in [1.29, 1.82) is 0 Å². The summed E-state index contributed by atoms with van der Waals surface area (Å²) < 4.78 is 36.4. The average Bonchev–Trinajstić information content (AvgIpc) is 3.28. The van der Waals surface area contributed by atoms with Gasteiger partial charge in [0.25, 0.3) is 5.79 Å². The zero-order valence-electron chi connectivity index (χ0n) is 26.0. The van der Waals surface area contributed by atoms with Crippen LogP contribution in [0.3, 0.4) is 0 Å². The van der Waals surface area contributed by atoms with Gasteiger partial charge in [-0.3, -0.25) is 4.98 Å². The van der Waals surface area contributed by atoms with E-state index in [1.807, 2.05) is 25.1 Å².